The molecule has 24 heavy (non-hydrogen) atoms. The van der Waals surface area contributed by atoms with Crippen LogP contribution in [0.25, 0.3) is 0 Å². The molecule has 2 aromatic rings. The number of amides is 2. The number of hydrogen-bond acceptors (Lipinski definition) is 3. The Bertz CT molecular complexity index is 670. The first-order chi connectivity index (χ1) is 11.7. The van der Waals surface area contributed by atoms with E-state index in [-0.39, 0.29) is 18.6 Å². The van der Waals surface area contributed by atoms with Gasteiger partial charge in [-0.3, -0.25) is 4.79 Å². The van der Waals surface area contributed by atoms with Gasteiger partial charge in [-0.15, -0.1) is 0 Å². The first-order valence-electron chi connectivity index (χ1n) is 8.12. The lowest BCUT2D eigenvalue weighted by Gasteiger charge is -2.21. The van der Waals surface area contributed by atoms with E-state index in [2.05, 4.69) is 4.98 Å². The molecule has 3 rings (SSSR count). The summed E-state index contributed by atoms with van der Waals surface area (Å²) in [5, 5.41) is 0. The molecule has 1 aliphatic rings. The average molecular weight is 327 g/mol. The lowest BCUT2D eigenvalue weighted by Crippen LogP contribution is -2.37. The molecule has 1 saturated heterocycles. The molecule has 126 valence electrons. The number of H-pyrrole nitrogens is 1. The van der Waals surface area contributed by atoms with Gasteiger partial charge in [0.25, 0.3) is 5.91 Å². The second-order valence-electron chi connectivity index (χ2n) is 5.77. The molecule has 1 aromatic heterocycles. The van der Waals surface area contributed by atoms with Gasteiger partial charge >= 0.3 is 6.09 Å². The van der Waals surface area contributed by atoms with Crippen LogP contribution in [0.5, 0.6) is 0 Å². The van der Waals surface area contributed by atoms with E-state index in [4.69, 9.17) is 4.74 Å². The van der Waals surface area contributed by atoms with Crippen LogP contribution in [0.1, 0.15) is 22.3 Å². The third kappa shape index (κ3) is 3.95. The molecule has 6 heteroatoms. The van der Waals surface area contributed by atoms with Crippen molar-refractivity contribution in [3.05, 3.63) is 59.9 Å². The van der Waals surface area contributed by atoms with Crippen molar-refractivity contribution in [1.82, 2.24) is 14.8 Å². The maximum absolute atomic E-state index is 12.4. The summed E-state index contributed by atoms with van der Waals surface area (Å²) in [6.45, 7) is 2.52. The van der Waals surface area contributed by atoms with Crippen LogP contribution in [-0.4, -0.2) is 53.0 Å². The van der Waals surface area contributed by atoms with Crippen molar-refractivity contribution in [3.8, 4) is 0 Å². The molecule has 1 aromatic carbocycles. The Kier molecular flexibility index (Phi) is 5.15. The van der Waals surface area contributed by atoms with Gasteiger partial charge in [-0.05, 0) is 18.1 Å². The average Bonchev–Trinajstić information content (AvgIpc) is 3.04. The maximum atomic E-state index is 12.4. The summed E-state index contributed by atoms with van der Waals surface area (Å²) in [6.07, 6.45) is 3.85. The van der Waals surface area contributed by atoms with Gasteiger partial charge in [0.1, 0.15) is 6.61 Å². The highest BCUT2D eigenvalue weighted by Gasteiger charge is 2.23. The second-order valence-corrected chi connectivity index (χ2v) is 5.77. The Hall–Kier alpha value is -2.76. The van der Waals surface area contributed by atoms with Crippen molar-refractivity contribution in [2.24, 2.45) is 0 Å². The molecule has 0 unspecified atom stereocenters. The topological polar surface area (TPSA) is 65.6 Å². The van der Waals surface area contributed by atoms with Crippen LogP contribution < -0.4 is 0 Å². The SMILES string of the molecule is O=C(OCc1ccccc1)N1CCCN(C(=O)c2cc[nH]c2)CC1. The summed E-state index contributed by atoms with van der Waals surface area (Å²) >= 11 is 0. The number of nitrogens with one attached hydrogen (secondary N) is 1. The highest BCUT2D eigenvalue weighted by molar-refractivity contribution is 5.94. The lowest BCUT2D eigenvalue weighted by molar-refractivity contribution is 0.0749. The molecule has 0 radical (unpaired) electrons. The van der Waals surface area contributed by atoms with Crippen LogP contribution in [0.15, 0.2) is 48.8 Å². The van der Waals surface area contributed by atoms with E-state index in [0.717, 1.165) is 12.0 Å². The summed E-state index contributed by atoms with van der Waals surface area (Å²) in [4.78, 5) is 30.9. The van der Waals surface area contributed by atoms with Crippen LogP contribution in [0.2, 0.25) is 0 Å². The van der Waals surface area contributed by atoms with Crippen LogP contribution in [0.4, 0.5) is 4.79 Å². The van der Waals surface area contributed by atoms with Gasteiger partial charge in [0.15, 0.2) is 0 Å². The predicted octanol–water partition coefficient (Wildman–Crippen LogP) is 2.50. The zero-order valence-electron chi connectivity index (χ0n) is 13.5. The van der Waals surface area contributed by atoms with Gasteiger partial charge in [-0.2, -0.15) is 0 Å². The highest BCUT2D eigenvalue weighted by Crippen LogP contribution is 2.10. The van der Waals surface area contributed by atoms with E-state index in [1.807, 2.05) is 30.3 Å². The number of aromatic nitrogens is 1. The Morgan fingerprint density at radius 2 is 1.75 bits per heavy atom. The number of hydrogen-bond donors (Lipinski definition) is 1. The van der Waals surface area contributed by atoms with Crippen LogP contribution in [0, 0.1) is 0 Å². The summed E-state index contributed by atoms with van der Waals surface area (Å²) < 4.78 is 5.37. The molecule has 0 spiro atoms. The minimum atomic E-state index is -0.324. The van der Waals surface area contributed by atoms with Crippen molar-refractivity contribution in [2.45, 2.75) is 13.0 Å². The molecule has 0 atom stereocenters. The summed E-state index contributed by atoms with van der Waals surface area (Å²) in [5.74, 6) is -0.00393. The van der Waals surface area contributed by atoms with E-state index >= 15 is 0 Å². The number of rotatable bonds is 3. The largest absolute Gasteiger partial charge is 0.445 e. The van der Waals surface area contributed by atoms with Gasteiger partial charge in [-0.1, -0.05) is 30.3 Å². The molecular formula is C18H21N3O3. The maximum Gasteiger partial charge on any atom is 0.410 e. The van der Waals surface area contributed by atoms with Crippen molar-refractivity contribution >= 4 is 12.0 Å². The third-order valence-electron chi connectivity index (χ3n) is 4.09. The fraction of sp³-hybridized carbons (Fsp3) is 0.333. The van der Waals surface area contributed by atoms with Gasteiger partial charge in [0.05, 0.1) is 5.56 Å². The van der Waals surface area contributed by atoms with Crippen molar-refractivity contribution in [1.29, 1.82) is 0 Å². The van der Waals surface area contributed by atoms with E-state index in [9.17, 15) is 9.59 Å². The molecule has 1 N–H and O–H groups in total. The number of carbonyl (C=O) groups excluding carboxylic acids is 2. The number of benzene rings is 1. The number of aromatic amines is 1. The quantitative estimate of drug-likeness (QED) is 0.942. The minimum Gasteiger partial charge on any atom is -0.445 e. The minimum absolute atomic E-state index is 0.00393. The van der Waals surface area contributed by atoms with Gasteiger partial charge < -0.3 is 19.5 Å². The summed E-state index contributed by atoms with van der Waals surface area (Å²) in [5.41, 5.74) is 1.61. The fourth-order valence-electron chi connectivity index (χ4n) is 2.75. The van der Waals surface area contributed by atoms with Crippen molar-refractivity contribution in [2.75, 3.05) is 26.2 Å². The molecule has 2 amide bonds. The van der Waals surface area contributed by atoms with Crippen LogP contribution >= 0.6 is 0 Å². The zero-order valence-corrected chi connectivity index (χ0v) is 13.5. The Labute approximate surface area is 141 Å². The molecular weight excluding hydrogens is 306 g/mol. The van der Waals surface area contributed by atoms with E-state index in [1.54, 1.807) is 28.3 Å². The monoisotopic (exact) mass is 327 g/mol. The Morgan fingerprint density at radius 1 is 1.00 bits per heavy atom. The summed E-state index contributed by atoms with van der Waals surface area (Å²) in [7, 11) is 0. The predicted molar refractivity (Wildman–Crippen MR) is 89.5 cm³/mol. The Balaban J connectivity index is 1.51. The molecule has 2 heterocycles. The van der Waals surface area contributed by atoms with Crippen LogP contribution in [-0.2, 0) is 11.3 Å². The third-order valence-corrected chi connectivity index (χ3v) is 4.09. The lowest BCUT2D eigenvalue weighted by atomic mass is 10.2. The van der Waals surface area contributed by atoms with Gasteiger partial charge in [0, 0.05) is 38.6 Å². The van der Waals surface area contributed by atoms with Crippen LogP contribution in [0.3, 0.4) is 0 Å². The number of carbonyl (C=O) groups is 2. The fourth-order valence-corrected chi connectivity index (χ4v) is 2.75. The zero-order chi connectivity index (χ0) is 16.8. The molecule has 0 aliphatic carbocycles. The standard InChI is InChI=1S/C18H21N3O3/c22-17(16-7-8-19-13-16)20-9-4-10-21(12-11-20)18(23)24-14-15-5-2-1-3-6-15/h1-3,5-8,13,19H,4,9-12,14H2. The number of ether oxygens (including phenoxy) is 1. The summed E-state index contributed by atoms with van der Waals surface area (Å²) in [6, 6.07) is 11.4. The molecule has 1 aliphatic heterocycles. The number of nitrogens with zero attached hydrogens (tertiary/aromatic N) is 2. The smallest absolute Gasteiger partial charge is 0.410 e. The molecule has 1 fully saturated rings. The normalized spacial score (nSPS) is 15.0. The highest BCUT2D eigenvalue weighted by atomic mass is 16.6. The van der Waals surface area contributed by atoms with Gasteiger partial charge in [0.2, 0.25) is 0 Å². The van der Waals surface area contributed by atoms with Gasteiger partial charge in [-0.25, -0.2) is 4.79 Å². The van der Waals surface area contributed by atoms with Crippen molar-refractivity contribution < 1.29 is 14.3 Å². The molecule has 0 saturated carbocycles. The Morgan fingerprint density at radius 3 is 2.50 bits per heavy atom. The first kappa shape index (κ1) is 16.1. The van der Waals surface area contributed by atoms with E-state index in [1.165, 1.54) is 0 Å². The molecule has 0 bridgehead atoms. The second kappa shape index (κ2) is 7.68. The first-order valence-corrected chi connectivity index (χ1v) is 8.12. The van der Waals surface area contributed by atoms with E-state index < -0.39 is 0 Å². The molecule has 6 nitrogen and oxygen atoms in total. The van der Waals surface area contributed by atoms with E-state index in [0.29, 0.717) is 31.7 Å². The van der Waals surface area contributed by atoms with Crippen molar-refractivity contribution in [3.63, 3.8) is 0 Å².